The van der Waals surface area contributed by atoms with Gasteiger partial charge in [0.1, 0.15) is 17.2 Å². The highest BCUT2D eigenvalue weighted by Gasteiger charge is 2.64. The van der Waals surface area contributed by atoms with Crippen LogP contribution in [0.15, 0.2) is 30.3 Å². The van der Waals surface area contributed by atoms with E-state index in [-0.39, 0.29) is 22.9 Å². The zero-order valence-electron chi connectivity index (χ0n) is 19.0. The number of halogens is 2. The maximum Gasteiger partial charge on any atom is 0.279 e. The molecule has 2 saturated carbocycles. The average molecular weight is 502 g/mol. The van der Waals surface area contributed by atoms with Gasteiger partial charge in [0.15, 0.2) is 11.6 Å². The van der Waals surface area contributed by atoms with Crippen LogP contribution >= 0.6 is 34.5 Å². The fraction of sp³-hybridized carbons (Fsp3) is 0.423. The van der Waals surface area contributed by atoms with Crippen LogP contribution in [-0.4, -0.2) is 16.6 Å². The van der Waals surface area contributed by atoms with E-state index in [1.807, 2.05) is 32.0 Å². The number of hydrogen-bond acceptors (Lipinski definition) is 5. The Bertz CT molecular complexity index is 1310. The lowest BCUT2D eigenvalue weighted by molar-refractivity contribution is -0.149. The van der Waals surface area contributed by atoms with Crippen molar-refractivity contribution in [2.45, 2.75) is 52.9 Å². The first-order chi connectivity index (χ1) is 15.6. The Kier molecular flexibility index (Phi) is 5.39. The highest BCUT2D eigenvalue weighted by molar-refractivity contribution is 7.20. The first-order valence-corrected chi connectivity index (χ1v) is 12.8. The van der Waals surface area contributed by atoms with E-state index in [0.29, 0.717) is 26.5 Å². The van der Waals surface area contributed by atoms with Gasteiger partial charge in [-0.25, -0.2) is 4.98 Å². The summed E-state index contributed by atoms with van der Waals surface area (Å²) in [7, 11) is 0. The lowest BCUT2D eigenvalue weighted by atomic mass is 9.54. The van der Waals surface area contributed by atoms with Crippen molar-refractivity contribution in [1.82, 2.24) is 4.98 Å². The molecule has 3 atom stereocenters. The molecule has 4 nitrogen and oxygen atoms in total. The number of ether oxygens (including phenoxy) is 1. The van der Waals surface area contributed by atoms with Gasteiger partial charge >= 0.3 is 0 Å². The summed E-state index contributed by atoms with van der Waals surface area (Å²) >= 11 is 13.7. The Labute approximate surface area is 207 Å². The van der Waals surface area contributed by atoms with E-state index in [1.54, 1.807) is 12.1 Å². The molecular formula is C26H25Cl2NO3S. The number of ketones is 2. The molecular weight excluding hydrogens is 477 g/mol. The monoisotopic (exact) mass is 501 g/mol. The molecule has 33 heavy (non-hydrogen) atoms. The second kappa shape index (κ2) is 7.79. The Hall–Kier alpha value is -1.95. The molecule has 172 valence electrons. The number of carbonyl (C=O) groups is 2. The van der Waals surface area contributed by atoms with E-state index < -0.39 is 11.3 Å². The summed E-state index contributed by atoms with van der Waals surface area (Å²) in [5.41, 5.74) is 1.58. The molecule has 0 saturated heterocycles. The van der Waals surface area contributed by atoms with Crippen molar-refractivity contribution < 1.29 is 14.3 Å². The van der Waals surface area contributed by atoms with E-state index >= 15 is 0 Å². The highest BCUT2D eigenvalue weighted by Crippen LogP contribution is 2.62. The van der Waals surface area contributed by atoms with Crippen molar-refractivity contribution in [3.8, 4) is 10.9 Å². The van der Waals surface area contributed by atoms with E-state index in [1.165, 1.54) is 11.3 Å². The molecule has 0 spiro atoms. The van der Waals surface area contributed by atoms with Gasteiger partial charge in [-0.2, -0.15) is 0 Å². The molecule has 2 aliphatic rings. The first-order valence-electron chi connectivity index (χ1n) is 11.2. The minimum atomic E-state index is -0.738. The Morgan fingerprint density at radius 2 is 1.91 bits per heavy atom. The summed E-state index contributed by atoms with van der Waals surface area (Å²) in [5, 5.41) is 1.44. The van der Waals surface area contributed by atoms with E-state index in [0.717, 1.165) is 35.1 Å². The van der Waals surface area contributed by atoms with Crippen molar-refractivity contribution >= 4 is 56.3 Å². The zero-order valence-corrected chi connectivity index (χ0v) is 21.3. The summed E-state index contributed by atoms with van der Waals surface area (Å²) < 4.78 is 6.91. The standard InChI is InChI=1S/C26H25Cl2NO3S/c1-5-13-6-7-15(32-24-29-21-18(28)10-14(27)11-19(21)33-24)12-16(13)20-22(30)17-8-9-26(4,23(20)31)25(17,2)3/h6-7,10-12,17,20H,5,8-9H2,1-4H3/t17-,20?,26+/m0/s1. The summed E-state index contributed by atoms with van der Waals surface area (Å²) in [4.78, 5) is 31.8. The molecule has 2 aromatic carbocycles. The van der Waals surface area contributed by atoms with Crippen LogP contribution in [0.1, 0.15) is 57.6 Å². The molecule has 0 N–H and O–H groups in total. The second-order valence-electron chi connectivity index (χ2n) is 9.88. The zero-order chi connectivity index (χ0) is 23.7. The molecule has 2 bridgehead atoms. The van der Waals surface area contributed by atoms with Crippen LogP contribution < -0.4 is 4.74 Å². The topological polar surface area (TPSA) is 56.3 Å². The third-order valence-corrected chi connectivity index (χ3v) is 9.45. The van der Waals surface area contributed by atoms with Gasteiger partial charge < -0.3 is 4.74 Å². The fourth-order valence-electron chi connectivity index (χ4n) is 5.69. The van der Waals surface area contributed by atoms with Gasteiger partial charge in [0.25, 0.3) is 5.19 Å². The summed E-state index contributed by atoms with van der Waals surface area (Å²) in [5.74, 6) is -0.201. The number of aromatic nitrogens is 1. The number of carbonyl (C=O) groups excluding carboxylic acids is 2. The molecule has 0 amide bonds. The molecule has 1 unspecified atom stereocenters. The largest absolute Gasteiger partial charge is 0.431 e. The van der Waals surface area contributed by atoms with Crippen molar-refractivity contribution in [2.24, 2.45) is 16.7 Å². The van der Waals surface area contributed by atoms with Gasteiger partial charge in [0, 0.05) is 16.4 Å². The third kappa shape index (κ3) is 3.35. The minimum absolute atomic E-state index is 0.0412. The van der Waals surface area contributed by atoms with Crippen LogP contribution in [0, 0.1) is 16.7 Å². The molecule has 7 heteroatoms. The van der Waals surface area contributed by atoms with Crippen molar-refractivity contribution in [3.05, 3.63) is 51.5 Å². The SMILES string of the molecule is CCc1ccc(Oc2nc3c(Cl)cc(Cl)cc3s2)cc1C1C(=O)[C@@H]2CC[C@](C)(C1=O)C2(C)C. The molecule has 3 aromatic rings. The quantitative estimate of drug-likeness (QED) is 0.344. The number of aryl methyl sites for hydroxylation is 1. The number of nitrogens with zero attached hydrogens (tertiary/aromatic N) is 1. The average Bonchev–Trinajstić information content (AvgIpc) is 3.22. The number of thiazole rings is 1. The van der Waals surface area contributed by atoms with Crippen molar-refractivity contribution in [1.29, 1.82) is 0 Å². The molecule has 1 aromatic heterocycles. The minimum Gasteiger partial charge on any atom is -0.431 e. The summed E-state index contributed by atoms with van der Waals surface area (Å²) in [6.07, 6.45) is 2.27. The third-order valence-electron chi connectivity index (χ3n) is 8.07. The highest BCUT2D eigenvalue weighted by atomic mass is 35.5. The van der Waals surface area contributed by atoms with Crippen molar-refractivity contribution in [3.63, 3.8) is 0 Å². The van der Waals surface area contributed by atoms with Crippen LogP contribution in [0.2, 0.25) is 10.0 Å². The van der Waals surface area contributed by atoms with Gasteiger partial charge in [-0.15, -0.1) is 0 Å². The Balaban J connectivity index is 1.54. The van der Waals surface area contributed by atoms with E-state index in [4.69, 9.17) is 27.9 Å². The van der Waals surface area contributed by atoms with Gasteiger partial charge in [0.2, 0.25) is 0 Å². The Morgan fingerprint density at radius 1 is 1.15 bits per heavy atom. The molecule has 2 aliphatic carbocycles. The molecule has 5 rings (SSSR count). The van der Waals surface area contributed by atoms with E-state index in [2.05, 4.69) is 18.8 Å². The predicted molar refractivity (Wildman–Crippen MR) is 133 cm³/mol. The molecule has 1 heterocycles. The number of hydrogen-bond donors (Lipinski definition) is 0. The fourth-order valence-corrected chi connectivity index (χ4v) is 7.25. The van der Waals surface area contributed by atoms with Crippen LogP contribution in [0.25, 0.3) is 10.2 Å². The lowest BCUT2D eigenvalue weighted by Gasteiger charge is -2.46. The Morgan fingerprint density at radius 3 is 2.64 bits per heavy atom. The van der Waals surface area contributed by atoms with Gasteiger partial charge in [-0.1, -0.05) is 68.3 Å². The maximum absolute atomic E-state index is 13.8. The lowest BCUT2D eigenvalue weighted by Crippen LogP contribution is -2.52. The normalized spacial score (nSPS) is 26.2. The maximum atomic E-state index is 13.8. The summed E-state index contributed by atoms with van der Waals surface area (Å²) in [6, 6.07) is 9.12. The van der Waals surface area contributed by atoms with Gasteiger partial charge in [0.05, 0.1) is 9.72 Å². The predicted octanol–water partition coefficient (Wildman–Crippen LogP) is 7.64. The van der Waals surface area contributed by atoms with Crippen LogP contribution in [-0.2, 0) is 16.0 Å². The van der Waals surface area contributed by atoms with Crippen LogP contribution in [0.3, 0.4) is 0 Å². The smallest absolute Gasteiger partial charge is 0.279 e. The van der Waals surface area contributed by atoms with Crippen LogP contribution in [0.5, 0.6) is 10.9 Å². The van der Waals surface area contributed by atoms with Crippen LogP contribution in [0.4, 0.5) is 0 Å². The first kappa shape index (κ1) is 22.8. The number of rotatable bonds is 4. The van der Waals surface area contributed by atoms with E-state index in [9.17, 15) is 9.59 Å². The number of Topliss-reactive ketones (excluding diaryl/α,β-unsaturated/α-hetero) is 2. The molecule has 0 aliphatic heterocycles. The molecule has 0 radical (unpaired) electrons. The van der Waals surface area contributed by atoms with Crippen molar-refractivity contribution in [2.75, 3.05) is 0 Å². The summed E-state index contributed by atoms with van der Waals surface area (Å²) in [6.45, 7) is 8.22. The molecule has 2 fully saturated rings. The van der Waals surface area contributed by atoms with Gasteiger partial charge in [-0.3, -0.25) is 9.59 Å². The number of fused-ring (bicyclic) bond motifs is 3. The van der Waals surface area contributed by atoms with Gasteiger partial charge in [-0.05, 0) is 60.1 Å². The second-order valence-corrected chi connectivity index (χ2v) is 11.7. The number of benzene rings is 2.